The minimum atomic E-state index is -4.17. The van der Waals surface area contributed by atoms with Gasteiger partial charge in [0.15, 0.2) is 0 Å². The van der Waals surface area contributed by atoms with Gasteiger partial charge in [-0.25, -0.2) is 0 Å². The van der Waals surface area contributed by atoms with Crippen LogP contribution < -0.4 is 10.1 Å². The SMILES string of the molecule is C[C@@H](NCC(F)(F)F)[C@@H]1COc2ccccc21. The molecule has 0 bridgehead atoms. The van der Waals surface area contributed by atoms with Gasteiger partial charge in [0.05, 0.1) is 13.2 Å². The molecule has 0 unspecified atom stereocenters. The molecule has 0 saturated carbocycles. The Kier molecular flexibility index (Phi) is 3.28. The zero-order chi connectivity index (χ0) is 12.5. The number of para-hydroxylation sites is 1. The summed E-state index contributed by atoms with van der Waals surface area (Å²) in [5.41, 5.74) is 0.981. The summed E-state index contributed by atoms with van der Waals surface area (Å²) < 4.78 is 41.8. The number of nitrogens with one attached hydrogen (secondary N) is 1. The van der Waals surface area contributed by atoms with Crippen LogP contribution in [0.2, 0.25) is 0 Å². The van der Waals surface area contributed by atoms with Gasteiger partial charge in [0.25, 0.3) is 0 Å². The molecule has 1 aromatic rings. The Hall–Kier alpha value is -1.23. The fourth-order valence-corrected chi connectivity index (χ4v) is 2.02. The number of halogens is 3. The van der Waals surface area contributed by atoms with Gasteiger partial charge in [-0.2, -0.15) is 13.2 Å². The number of alkyl halides is 3. The number of benzene rings is 1. The number of ether oxygens (including phenoxy) is 1. The Balaban J connectivity index is 2.00. The Morgan fingerprint density at radius 3 is 2.82 bits per heavy atom. The molecule has 2 rings (SSSR count). The van der Waals surface area contributed by atoms with Gasteiger partial charge < -0.3 is 10.1 Å². The summed E-state index contributed by atoms with van der Waals surface area (Å²) in [6.45, 7) is 1.22. The van der Waals surface area contributed by atoms with Crippen LogP contribution in [0.4, 0.5) is 13.2 Å². The third kappa shape index (κ3) is 2.91. The smallest absolute Gasteiger partial charge is 0.401 e. The molecule has 1 aromatic carbocycles. The Morgan fingerprint density at radius 2 is 2.12 bits per heavy atom. The van der Waals surface area contributed by atoms with Crippen molar-refractivity contribution in [1.29, 1.82) is 0 Å². The summed E-state index contributed by atoms with van der Waals surface area (Å²) in [6, 6.07) is 7.21. The van der Waals surface area contributed by atoms with Crippen LogP contribution in [0.15, 0.2) is 24.3 Å². The van der Waals surface area contributed by atoms with Gasteiger partial charge >= 0.3 is 6.18 Å². The van der Waals surface area contributed by atoms with Crippen molar-refractivity contribution < 1.29 is 17.9 Å². The van der Waals surface area contributed by atoms with Crippen molar-refractivity contribution in [3.8, 4) is 5.75 Å². The van der Waals surface area contributed by atoms with E-state index in [1.165, 1.54) is 0 Å². The van der Waals surface area contributed by atoms with E-state index in [-0.39, 0.29) is 12.0 Å². The van der Waals surface area contributed by atoms with Gasteiger partial charge in [-0.3, -0.25) is 0 Å². The van der Waals surface area contributed by atoms with E-state index in [4.69, 9.17) is 4.74 Å². The van der Waals surface area contributed by atoms with Crippen molar-refractivity contribution in [2.45, 2.75) is 25.1 Å². The number of hydrogen-bond donors (Lipinski definition) is 1. The van der Waals surface area contributed by atoms with Crippen molar-refractivity contribution >= 4 is 0 Å². The molecule has 1 aliphatic heterocycles. The Morgan fingerprint density at radius 1 is 1.41 bits per heavy atom. The third-order valence-electron chi connectivity index (χ3n) is 2.96. The molecule has 0 aliphatic carbocycles. The predicted molar refractivity (Wildman–Crippen MR) is 58.2 cm³/mol. The van der Waals surface area contributed by atoms with E-state index in [0.717, 1.165) is 11.3 Å². The summed E-state index contributed by atoms with van der Waals surface area (Å²) >= 11 is 0. The summed E-state index contributed by atoms with van der Waals surface area (Å²) in [5.74, 6) is 0.756. The van der Waals surface area contributed by atoms with Crippen molar-refractivity contribution in [3.63, 3.8) is 0 Å². The first kappa shape index (κ1) is 12.2. The van der Waals surface area contributed by atoms with E-state index in [9.17, 15) is 13.2 Å². The van der Waals surface area contributed by atoms with Crippen molar-refractivity contribution in [2.75, 3.05) is 13.2 Å². The topological polar surface area (TPSA) is 21.3 Å². The molecule has 94 valence electrons. The number of hydrogen-bond acceptors (Lipinski definition) is 2. The molecule has 1 N–H and O–H groups in total. The molecule has 0 aromatic heterocycles. The van der Waals surface area contributed by atoms with Crippen LogP contribution in [0.1, 0.15) is 18.4 Å². The molecule has 0 spiro atoms. The molecule has 2 atom stereocenters. The highest BCUT2D eigenvalue weighted by Gasteiger charge is 2.32. The van der Waals surface area contributed by atoms with Gasteiger partial charge in [0.1, 0.15) is 5.75 Å². The summed E-state index contributed by atoms with van der Waals surface area (Å²) in [6.07, 6.45) is -4.17. The molecule has 17 heavy (non-hydrogen) atoms. The van der Waals surface area contributed by atoms with E-state index in [2.05, 4.69) is 5.32 Å². The first-order chi connectivity index (χ1) is 7.97. The first-order valence-corrected chi connectivity index (χ1v) is 5.49. The zero-order valence-corrected chi connectivity index (χ0v) is 9.42. The Labute approximate surface area is 97.8 Å². The van der Waals surface area contributed by atoms with Gasteiger partial charge in [-0.05, 0) is 13.0 Å². The van der Waals surface area contributed by atoms with Crippen molar-refractivity contribution in [2.24, 2.45) is 0 Å². The lowest BCUT2D eigenvalue weighted by Crippen LogP contribution is -2.39. The van der Waals surface area contributed by atoms with Crippen molar-refractivity contribution in [3.05, 3.63) is 29.8 Å². The maximum Gasteiger partial charge on any atom is 0.401 e. The molecular weight excluding hydrogens is 231 g/mol. The Bertz CT molecular complexity index is 392. The van der Waals surface area contributed by atoms with Gasteiger partial charge in [-0.15, -0.1) is 0 Å². The third-order valence-corrected chi connectivity index (χ3v) is 2.96. The average Bonchev–Trinajstić information content (AvgIpc) is 2.68. The quantitative estimate of drug-likeness (QED) is 0.884. The zero-order valence-electron chi connectivity index (χ0n) is 9.42. The fourth-order valence-electron chi connectivity index (χ4n) is 2.02. The van der Waals surface area contributed by atoms with Crippen LogP contribution in [0.25, 0.3) is 0 Å². The molecular formula is C12H14F3NO. The van der Waals surface area contributed by atoms with Gasteiger partial charge in [0.2, 0.25) is 0 Å². The summed E-state index contributed by atoms with van der Waals surface area (Å²) in [4.78, 5) is 0. The molecule has 0 saturated heterocycles. The molecule has 5 heteroatoms. The molecule has 0 amide bonds. The average molecular weight is 245 g/mol. The summed E-state index contributed by atoms with van der Waals surface area (Å²) in [5, 5.41) is 2.50. The predicted octanol–water partition coefficient (Wildman–Crippen LogP) is 2.70. The van der Waals surface area contributed by atoms with Crippen molar-refractivity contribution in [1.82, 2.24) is 5.32 Å². The van der Waals surface area contributed by atoms with E-state index < -0.39 is 12.7 Å². The first-order valence-electron chi connectivity index (χ1n) is 5.49. The molecule has 2 nitrogen and oxygen atoms in total. The lowest BCUT2D eigenvalue weighted by Gasteiger charge is -2.20. The lowest BCUT2D eigenvalue weighted by molar-refractivity contribution is -0.126. The van der Waals surface area contributed by atoms with Gasteiger partial charge in [-0.1, -0.05) is 18.2 Å². The van der Waals surface area contributed by atoms with Crippen LogP contribution >= 0.6 is 0 Å². The van der Waals surface area contributed by atoms with Crippen LogP contribution in [0, 0.1) is 0 Å². The second-order valence-corrected chi connectivity index (χ2v) is 4.24. The van der Waals surface area contributed by atoms with E-state index in [1.54, 1.807) is 6.92 Å². The maximum atomic E-state index is 12.1. The highest BCUT2D eigenvalue weighted by molar-refractivity contribution is 5.40. The highest BCUT2D eigenvalue weighted by Crippen LogP contribution is 2.35. The second kappa shape index (κ2) is 4.56. The molecule has 1 aliphatic rings. The van der Waals surface area contributed by atoms with E-state index in [0.29, 0.717) is 6.61 Å². The maximum absolute atomic E-state index is 12.1. The molecule has 0 fully saturated rings. The summed E-state index contributed by atoms with van der Waals surface area (Å²) in [7, 11) is 0. The standard InChI is InChI=1S/C12H14F3NO/c1-8(16-7-12(13,14)15)10-6-17-11-5-3-2-4-9(10)11/h2-5,8,10,16H,6-7H2,1H3/t8-,10+/m1/s1. The van der Waals surface area contributed by atoms with E-state index >= 15 is 0 Å². The largest absolute Gasteiger partial charge is 0.493 e. The second-order valence-electron chi connectivity index (χ2n) is 4.24. The molecule has 1 heterocycles. The minimum absolute atomic E-state index is 0.0199. The lowest BCUT2D eigenvalue weighted by atomic mass is 9.94. The molecule has 0 radical (unpaired) electrons. The fraction of sp³-hybridized carbons (Fsp3) is 0.500. The number of fused-ring (bicyclic) bond motifs is 1. The van der Waals surface area contributed by atoms with Crippen LogP contribution in [-0.4, -0.2) is 25.4 Å². The van der Waals surface area contributed by atoms with Crippen LogP contribution in [0.5, 0.6) is 5.75 Å². The highest BCUT2D eigenvalue weighted by atomic mass is 19.4. The normalized spacial score (nSPS) is 20.8. The van der Waals surface area contributed by atoms with Crippen LogP contribution in [0.3, 0.4) is 0 Å². The minimum Gasteiger partial charge on any atom is -0.493 e. The van der Waals surface area contributed by atoms with E-state index in [1.807, 2.05) is 24.3 Å². The van der Waals surface area contributed by atoms with Crippen LogP contribution in [-0.2, 0) is 0 Å². The monoisotopic (exact) mass is 245 g/mol. The van der Waals surface area contributed by atoms with Gasteiger partial charge in [0, 0.05) is 17.5 Å². The number of rotatable bonds is 3.